The summed E-state index contributed by atoms with van der Waals surface area (Å²) in [6.45, 7) is 0. The molecule has 2 aliphatic carbocycles. The molecule has 0 aliphatic heterocycles. The van der Waals surface area contributed by atoms with Crippen molar-refractivity contribution in [3.05, 3.63) is 30.2 Å². The standard InChI is InChI=1S/C16H20N2O/c17-12(16-10-5-1-2-6-11(10)16)9-15-18-13-7-3-4-8-14(13)19-15/h3-4,7-8,10-12,16H,1-2,5-6,9,17H2. The lowest BCUT2D eigenvalue weighted by molar-refractivity contribution is 0.455. The van der Waals surface area contributed by atoms with Crippen LogP contribution in [0.15, 0.2) is 28.7 Å². The first kappa shape index (κ1) is 11.5. The number of rotatable bonds is 3. The molecule has 19 heavy (non-hydrogen) atoms. The van der Waals surface area contributed by atoms with Gasteiger partial charge in [-0.05, 0) is 42.7 Å². The summed E-state index contributed by atoms with van der Waals surface area (Å²) in [5.74, 6) is 3.32. The molecule has 1 aromatic carbocycles. The van der Waals surface area contributed by atoms with E-state index in [-0.39, 0.29) is 6.04 Å². The Hall–Kier alpha value is -1.35. The maximum Gasteiger partial charge on any atom is 0.197 e. The molecule has 1 aromatic heterocycles. The van der Waals surface area contributed by atoms with E-state index in [1.54, 1.807) is 0 Å². The molecule has 4 rings (SSSR count). The van der Waals surface area contributed by atoms with Crippen LogP contribution in [-0.2, 0) is 6.42 Å². The van der Waals surface area contributed by atoms with E-state index in [9.17, 15) is 0 Å². The first-order valence-corrected chi connectivity index (χ1v) is 7.43. The fourth-order valence-electron chi connectivity index (χ4n) is 4.03. The molecule has 100 valence electrons. The topological polar surface area (TPSA) is 52.0 Å². The third-order valence-corrected chi connectivity index (χ3v) is 4.97. The van der Waals surface area contributed by atoms with Crippen LogP contribution in [-0.4, -0.2) is 11.0 Å². The second-order valence-electron chi connectivity index (χ2n) is 6.13. The Balaban J connectivity index is 1.49. The molecule has 0 radical (unpaired) electrons. The van der Waals surface area contributed by atoms with Gasteiger partial charge in [0, 0.05) is 12.5 Å². The summed E-state index contributed by atoms with van der Waals surface area (Å²) in [6, 6.07) is 8.15. The minimum atomic E-state index is 0.223. The van der Waals surface area contributed by atoms with E-state index in [2.05, 4.69) is 4.98 Å². The quantitative estimate of drug-likeness (QED) is 0.918. The summed E-state index contributed by atoms with van der Waals surface area (Å²) in [5.41, 5.74) is 8.21. The summed E-state index contributed by atoms with van der Waals surface area (Å²) in [5, 5.41) is 0. The number of para-hydroxylation sites is 2. The van der Waals surface area contributed by atoms with Gasteiger partial charge in [0.05, 0.1) is 0 Å². The van der Waals surface area contributed by atoms with Crippen LogP contribution < -0.4 is 5.73 Å². The van der Waals surface area contributed by atoms with Crippen LogP contribution in [0.2, 0.25) is 0 Å². The van der Waals surface area contributed by atoms with Gasteiger partial charge in [0.2, 0.25) is 0 Å². The van der Waals surface area contributed by atoms with Gasteiger partial charge in [0.15, 0.2) is 11.5 Å². The van der Waals surface area contributed by atoms with E-state index >= 15 is 0 Å². The number of oxazole rings is 1. The maximum atomic E-state index is 6.39. The van der Waals surface area contributed by atoms with Gasteiger partial charge < -0.3 is 10.2 Å². The minimum Gasteiger partial charge on any atom is -0.441 e. The Kier molecular flexibility index (Phi) is 2.62. The predicted molar refractivity (Wildman–Crippen MR) is 74.6 cm³/mol. The summed E-state index contributed by atoms with van der Waals surface area (Å²) < 4.78 is 5.78. The highest BCUT2D eigenvalue weighted by Crippen LogP contribution is 2.56. The first-order chi connectivity index (χ1) is 9.33. The van der Waals surface area contributed by atoms with Crippen LogP contribution in [0, 0.1) is 17.8 Å². The van der Waals surface area contributed by atoms with Gasteiger partial charge in [-0.15, -0.1) is 0 Å². The molecule has 3 unspecified atom stereocenters. The highest BCUT2D eigenvalue weighted by atomic mass is 16.3. The molecule has 2 N–H and O–H groups in total. The normalized spacial score (nSPS) is 31.1. The molecule has 2 fully saturated rings. The first-order valence-electron chi connectivity index (χ1n) is 7.43. The number of nitrogens with two attached hydrogens (primary N) is 1. The molecular weight excluding hydrogens is 236 g/mol. The van der Waals surface area contributed by atoms with Gasteiger partial charge in [0.25, 0.3) is 0 Å². The van der Waals surface area contributed by atoms with Crippen molar-refractivity contribution in [3.8, 4) is 0 Å². The molecule has 3 heteroatoms. The van der Waals surface area contributed by atoms with Gasteiger partial charge in [-0.1, -0.05) is 25.0 Å². The SMILES string of the molecule is NC(Cc1nc2ccccc2o1)C1C2CCCCC21. The summed E-state index contributed by atoms with van der Waals surface area (Å²) in [7, 11) is 0. The van der Waals surface area contributed by atoms with Gasteiger partial charge in [-0.2, -0.15) is 0 Å². The fraction of sp³-hybridized carbons (Fsp3) is 0.562. The third-order valence-electron chi connectivity index (χ3n) is 4.97. The average molecular weight is 256 g/mol. The monoisotopic (exact) mass is 256 g/mol. The van der Waals surface area contributed by atoms with E-state index in [1.165, 1.54) is 25.7 Å². The predicted octanol–water partition coefficient (Wildman–Crippen LogP) is 3.13. The summed E-state index contributed by atoms with van der Waals surface area (Å²) in [6.07, 6.45) is 6.35. The molecule has 2 aliphatic rings. The average Bonchev–Trinajstić information content (AvgIpc) is 3.02. The third kappa shape index (κ3) is 1.96. The Morgan fingerprint density at radius 3 is 2.68 bits per heavy atom. The van der Waals surface area contributed by atoms with Crippen molar-refractivity contribution in [2.24, 2.45) is 23.5 Å². The zero-order valence-electron chi connectivity index (χ0n) is 11.1. The van der Waals surface area contributed by atoms with Crippen molar-refractivity contribution in [1.82, 2.24) is 4.98 Å². The number of aromatic nitrogens is 1. The molecule has 0 spiro atoms. The molecule has 2 aromatic rings. The molecule has 3 nitrogen and oxygen atoms in total. The van der Waals surface area contributed by atoms with Crippen molar-refractivity contribution in [3.63, 3.8) is 0 Å². The summed E-state index contributed by atoms with van der Waals surface area (Å²) >= 11 is 0. The smallest absolute Gasteiger partial charge is 0.197 e. The van der Waals surface area contributed by atoms with E-state index in [0.717, 1.165) is 41.2 Å². The lowest BCUT2D eigenvalue weighted by atomic mass is 10.0. The lowest BCUT2D eigenvalue weighted by Crippen LogP contribution is -2.26. The minimum absolute atomic E-state index is 0.223. The Morgan fingerprint density at radius 1 is 1.21 bits per heavy atom. The van der Waals surface area contributed by atoms with Crippen molar-refractivity contribution < 1.29 is 4.42 Å². The number of fused-ring (bicyclic) bond motifs is 2. The van der Waals surface area contributed by atoms with E-state index < -0.39 is 0 Å². The second-order valence-corrected chi connectivity index (χ2v) is 6.13. The number of benzene rings is 1. The van der Waals surface area contributed by atoms with Crippen LogP contribution in [0.5, 0.6) is 0 Å². The molecule has 3 atom stereocenters. The molecular formula is C16H20N2O. The van der Waals surface area contributed by atoms with E-state index in [4.69, 9.17) is 10.2 Å². The molecule has 2 saturated carbocycles. The van der Waals surface area contributed by atoms with E-state index in [0.29, 0.717) is 0 Å². The second kappa shape index (κ2) is 4.34. The van der Waals surface area contributed by atoms with Crippen molar-refractivity contribution in [1.29, 1.82) is 0 Å². The largest absolute Gasteiger partial charge is 0.441 e. The molecule has 0 bridgehead atoms. The highest BCUT2D eigenvalue weighted by molar-refractivity contribution is 5.72. The fourth-order valence-corrected chi connectivity index (χ4v) is 4.03. The maximum absolute atomic E-state index is 6.39. The number of nitrogens with zero attached hydrogens (tertiary/aromatic N) is 1. The number of hydrogen-bond acceptors (Lipinski definition) is 3. The van der Waals surface area contributed by atoms with Gasteiger partial charge >= 0.3 is 0 Å². The van der Waals surface area contributed by atoms with Gasteiger partial charge in [-0.25, -0.2) is 4.98 Å². The molecule has 1 heterocycles. The van der Waals surface area contributed by atoms with Crippen molar-refractivity contribution in [2.75, 3.05) is 0 Å². The Morgan fingerprint density at radius 2 is 1.95 bits per heavy atom. The van der Waals surface area contributed by atoms with Crippen LogP contribution in [0.4, 0.5) is 0 Å². The zero-order valence-corrected chi connectivity index (χ0v) is 11.1. The van der Waals surface area contributed by atoms with Crippen LogP contribution in [0.25, 0.3) is 11.1 Å². The Labute approximate surface area is 113 Å². The van der Waals surface area contributed by atoms with Crippen molar-refractivity contribution >= 4 is 11.1 Å². The number of hydrogen-bond donors (Lipinski definition) is 1. The molecule has 0 amide bonds. The Bertz CT molecular complexity index is 546. The van der Waals surface area contributed by atoms with E-state index in [1.807, 2.05) is 24.3 Å². The van der Waals surface area contributed by atoms with Crippen LogP contribution in [0.3, 0.4) is 0 Å². The summed E-state index contributed by atoms with van der Waals surface area (Å²) in [4.78, 5) is 4.53. The lowest BCUT2D eigenvalue weighted by Gasteiger charge is -2.08. The van der Waals surface area contributed by atoms with Crippen LogP contribution in [0.1, 0.15) is 31.6 Å². The highest BCUT2D eigenvalue weighted by Gasteiger charge is 2.53. The van der Waals surface area contributed by atoms with Gasteiger partial charge in [0.1, 0.15) is 5.52 Å². The molecule has 0 saturated heterocycles. The van der Waals surface area contributed by atoms with Crippen LogP contribution >= 0.6 is 0 Å². The van der Waals surface area contributed by atoms with Crippen molar-refractivity contribution in [2.45, 2.75) is 38.1 Å². The van der Waals surface area contributed by atoms with Gasteiger partial charge in [-0.3, -0.25) is 0 Å². The zero-order chi connectivity index (χ0) is 12.8.